The molecule has 2 rings (SSSR count). The number of ether oxygens (including phenoxy) is 2. The standard InChI is InChI=1S/C15H14F3IO5S/c1-22-13-9-5-3-7-11(13)19(24-25(20,21)15(16,17)18)12-8-4-6-10-14(12)23-2/h3-10H,1-2H3. The van der Waals surface area contributed by atoms with E-state index < -0.39 is 35.9 Å². The molecule has 10 heteroatoms. The van der Waals surface area contributed by atoms with Gasteiger partial charge in [0.1, 0.15) is 0 Å². The van der Waals surface area contributed by atoms with Crippen molar-refractivity contribution in [1.82, 2.24) is 0 Å². The summed E-state index contributed by atoms with van der Waals surface area (Å²) in [6, 6.07) is 12.4. The molecule has 0 aliphatic carbocycles. The van der Waals surface area contributed by atoms with E-state index in [1.54, 1.807) is 24.3 Å². The van der Waals surface area contributed by atoms with Gasteiger partial charge in [0, 0.05) is 0 Å². The number of hydrogen-bond acceptors (Lipinski definition) is 5. The summed E-state index contributed by atoms with van der Waals surface area (Å²) in [5.41, 5.74) is -5.52. The van der Waals surface area contributed by atoms with Crippen LogP contribution in [0.25, 0.3) is 0 Å². The second kappa shape index (κ2) is 7.79. The Labute approximate surface area is 150 Å². The molecule has 0 N–H and O–H groups in total. The molecule has 2 aromatic carbocycles. The van der Waals surface area contributed by atoms with Crippen molar-refractivity contribution in [3.05, 3.63) is 55.7 Å². The molecular formula is C15H14F3IO5S. The summed E-state index contributed by atoms with van der Waals surface area (Å²) in [6.45, 7) is 0. The molecular weight excluding hydrogens is 476 g/mol. The average molecular weight is 490 g/mol. The number of halogens is 4. The van der Waals surface area contributed by atoms with Crippen molar-refractivity contribution in [2.75, 3.05) is 14.2 Å². The Balaban J connectivity index is 2.64. The fourth-order valence-electron chi connectivity index (χ4n) is 1.80. The number of hydrogen-bond donors (Lipinski definition) is 0. The van der Waals surface area contributed by atoms with Crippen molar-refractivity contribution in [3.8, 4) is 11.5 Å². The fourth-order valence-corrected chi connectivity index (χ4v) is 8.83. The van der Waals surface area contributed by atoms with Crippen molar-refractivity contribution in [2.45, 2.75) is 5.51 Å². The van der Waals surface area contributed by atoms with Gasteiger partial charge in [-0.1, -0.05) is 0 Å². The molecule has 0 unspecified atom stereocenters. The second-order valence-corrected chi connectivity index (χ2v) is 10.8. The summed E-state index contributed by atoms with van der Waals surface area (Å²) < 4.78 is 77.3. The first-order valence-electron chi connectivity index (χ1n) is 6.68. The fraction of sp³-hybridized carbons (Fsp3) is 0.200. The molecule has 0 bridgehead atoms. The van der Waals surface area contributed by atoms with Crippen LogP contribution in [0.2, 0.25) is 0 Å². The third kappa shape index (κ3) is 4.36. The Morgan fingerprint density at radius 2 is 1.24 bits per heavy atom. The Hall–Kier alpha value is -1.53. The average Bonchev–Trinajstić information content (AvgIpc) is 2.58. The minimum atomic E-state index is -5.78. The van der Waals surface area contributed by atoms with Crippen LogP contribution >= 0.6 is 20.2 Å². The van der Waals surface area contributed by atoms with Crippen LogP contribution in [0.3, 0.4) is 0 Å². The molecule has 0 saturated carbocycles. The van der Waals surface area contributed by atoms with Gasteiger partial charge in [0.15, 0.2) is 0 Å². The van der Waals surface area contributed by atoms with E-state index in [0.29, 0.717) is 0 Å². The monoisotopic (exact) mass is 490 g/mol. The van der Waals surface area contributed by atoms with Gasteiger partial charge in [-0.3, -0.25) is 0 Å². The molecule has 5 nitrogen and oxygen atoms in total. The van der Waals surface area contributed by atoms with Crippen LogP contribution in [0, 0.1) is 7.14 Å². The molecule has 0 fully saturated rings. The number of methoxy groups -OCH3 is 2. The molecule has 0 aliphatic rings. The van der Waals surface area contributed by atoms with Crippen LogP contribution in [0.4, 0.5) is 13.2 Å². The zero-order valence-electron chi connectivity index (χ0n) is 13.1. The summed E-state index contributed by atoms with van der Waals surface area (Å²) in [6.07, 6.45) is 0. The van der Waals surface area contributed by atoms with Crippen molar-refractivity contribution >= 4 is 30.4 Å². The first-order valence-corrected chi connectivity index (χ1v) is 11.1. The molecule has 0 atom stereocenters. The molecule has 0 spiro atoms. The Morgan fingerprint density at radius 1 is 0.840 bits per heavy atom. The molecule has 0 radical (unpaired) electrons. The van der Waals surface area contributed by atoms with Gasteiger partial charge in [-0.25, -0.2) is 0 Å². The number of benzene rings is 2. The zero-order chi connectivity index (χ0) is 18.7. The van der Waals surface area contributed by atoms with Gasteiger partial charge in [0.25, 0.3) is 0 Å². The molecule has 25 heavy (non-hydrogen) atoms. The van der Waals surface area contributed by atoms with Crippen LogP contribution in [-0.4, -0.2) is 28.1 Å². The van der Waals surface area contributed by atoms with Gasteiger partial charge in [-0.2, -0.15) is 0 Å². The van der Waals surface area contributed by atoms with Crippen molar-refractivity contribution in [1.29, 1.82) is 0 Å². The van der Waals surface area contributed by atoms with E-state index in [2.05, 4.69) is 0 Å². The maximum absolute atomic E-state index is 12.8. The Kier molecular flexibility index (Phi) is 6.16. The van der Waals surface area contributed by atoms with E-state index >= 15 is 0 Å². The van der Waals surface area contributed by atoms with Gasteiger partial charge in [0.05, 0.1) is 0 Å². The first kappa shape index (κ1) is 19.8. The molecule has 0 amide bonds. The van der Waals surface area contributed by atoms with Crippen LogP contribution in [-0.2, 0) is 12.6 Å². The predicted octanol–water partition coefficient (Wildman–Crippen LogP) is 4.03. The zero-order valence-corrected chi connectivity index (χ0v) is 16.1. The summed E-state index contributed by atoms with van der Waals surface area (Å²) in [4.78, 5) is 0. The van der Waals surface area contributed by atoms with E-state index in [1.807, 2.05) is 0 Å². The van der Waals surface area contributed by atoms with Crippen molar-refractivity contribution in [3.63, 3.8) is 0 Å². The maximum atomic E-state index is 12.8. The molecule has 0 aliphatic heterocycles. The first-order chi connectivity index (χ1) is 11.7. The van der Waals surface area contributed by atoms with Crippen LogP contribution in [0.1, 0.15) is 0 Å². The van der Waals surface area contributed by atoms with Crippen LogP contribution in [0.15, 0.2) is 48.5 Å². The van der Waals surface area contributed by atoms with Gasteiger partial charge in [-0.15, -0.1) is 0 Å². The molecule has 2 aromatic rings. The predicted molar refractivity (Wildman–Crippen MR) is 93.5 cm³/mol. The van der Waals surface area contributed by atoms with E-state index in [9.17, 15) is 21.6 Å². The normalized spacial score (nSPS) is 12.6. The molecule has 0 aromatic heterocycles. The number of alkyl halides is 3. The molecule has 138 valence electrons. The molecule has 0 saturated heterocycles. The summed E-state index contributed by atoms with van der Waals surface area (Å²) in [5.74, 6) is 0.493. The van der Waals surface area contributed by atoms with Crippen molar-refractivity contribution < 1.29 is 33.6 Å². The van der Waals surface area contributed by atoms with E-state index in [-0.39, 0.29) is 18.6 Å². The third-order valence-corrected chi connectivity index (χ3v) is 10.2. The van der Waals surface area contributed by atoms with Gasteiger partial charge < -0.3 is 0 Å². The Bertz CT molecular complexity index is 792. The van der Waals surface area contributed by atoms with E-state index in [0.717, 1.165) is 0 Å². The van der Waals surface area contributed by atoms with Gasteiger partial charge >= 0.3 is 151 Å². The third-order valence-electron chi connectivity index (χ3n) is 2.91. The number of rotatable bonds is 6. The van der Waals surface area contributed by atoms with E-state index in [1.165, 1.54) is 38.5 Å². The SMILES string of the molecule is COc1ccccc1I(OS(=O)(=O)C(F)(F)F)c1ccccc1OC. The molecule has 0 heterocycles. The van der Waals surface area contributed by atoms with Crippen molar-refractivity contribution in [2.24, 2.45) is 0 Å². The summed E-state index contributed by atoms with van der Waals surface area (Å²) in [7, 11) is -3.10. The summed E-state index contributed by atoms with van der Waals surface area (Å²) in [5, 5.41) is 0. The minimum absolute atomic E-state index is 0.246. The van der Waals surface area contributed by atoms with E-state index in [4.69, 9.17) is 12.0 Å². The topological polar surface area (TPSA) is 61.8 Å². The quantitative estimate of drug-likeness (QED) is 0.452. The Morgan fingerprint density at radius 3 is 1.60 bits per heavy atom. The van der Waals surface area contributed by atoms with Crippen LogP contribution in [0.5, 0.6) is 11.5 Å². The van der Waals surface area contributed by atoms with Crippen LogP contribution < -0.4 is 9.47 Å². The van der Waals surface area contributed by atoms with Gasteiger partial charge in [-0.05, 0) is 0 Å². The second-order valence-electron chi connectivity index (χ2n) is 4.48. The summed E-state index contributed by atoms with van der Waals surface area (Å²) >= 11 is -3.57. The number of para-hydroxylation sites is 2. The van der Waals surface area contributed by atoms with Gasteiger partial charge in [0.2, 0.25) is 0 Å².